The van der Waals surface area contributed by atoms with Gasteiger partial charge < -0.3 is 10.2 Å². The van der Waals surface area contributed by atoms with E-state index in [1.54, 1.807) is 0 Å². The minimum atomic E-state index is -2.73. The molecule has 18 heavy (non-hydrogen) atoms. The van der Waals surface area contributed by atoms with Crippen LogP contribution in [0.2, 0.25) is 0 Å². The molecule has 0 aromatic carbocycles. The van der Waals surface area contributed by atoms with E-state index in [0.717, 1.165) is 31.3 Å². The van der Waals surface area contributed by atoms with Gasteiger partial charge in [-0.15, -0.1) is 0 Å². The van der Waals surface area contributed by atoms with Crippen molar-refractivity contribution in [3.05, 3.63) is 0 Å². The maximum Gasteiger partial charge on any atom is 0.151 e. The van der Waals surface area contributed by atoms with Crippen molar-refractivity contribution in [2.24, 2.45) is 11.8 Å². The van der Waals surface area contributed by atoms with Gasteiger partial charge in [0.05, 0.1) is 11.5 Å². The van der Waals surface area contributed by atoms with Crippen molar-refractivity contribution >= 4 is 9.84 Å². The Labute approximate surface area is 110 Å². The number of fused-ring (bicyclic) bond motifs is 1. The Morgan fingerprint density at radius 3 is 2.44 bits per heavy atom. The highest BCUT2D eigenvalue weighted by Crippen LogP contribution is 2.37. The summed E-state index contributed by atoms with van der Waals surface area (Å²) in [7, 11) is -2.73. The molecule has 0 aromatic heterocycles. The second kappa shape index (κ2) is 5.10. The molecule has 3 atom stereocenters. The highest BCUT2D eigenvalue weighted by Gasteiger charge is 2.35. The molecule has 0 radical (unpaired) electrons. The standard InChI is InChI=1S/C13H24N2O2S/c16-18(17)7-4-13(10-18)14-5-6-15-8-11-2-1-3-12(11)9-15/h11-14H,1-10H2. The van der Waals surface area contributed by atoms with Gasteiger partial charge in [-0.25, -0.2) is 8.42 Å². The average Bonchev–Trinajstić information content (AvgIpc) is 2.92. The molecule has 5 heteroatoms. The lowest BCUT2D eigenvalue weighted by Gasteiger charge is -2.18. The predicted molar refractivity (Wildman–Crippen MR) is 72.3 cm³/mol. The van der Waals surface area contributed by atoms with E-state index in [-0.39, 0.29) is 6.04 Å². The molecule has 1 N–H and O–H groups in total. The van der Waals surface area contributed by atoms with E-state index in [4.69, 9.17) is 0 Å². The fraction of sp³-hybridized carbons (Fsp3) is 1.00. The van der Waals surface area contributed by atoms with E-state index < -0.39 is 9.84 Å². The molecule has 4 nitrogen and oxygen atoms in total. The van der Waals surface area contributed by atoms with Crippen LogP contribution in [0, 0.1) is 11.8 Å². The molecular weight excluding hydrogens is 248 g/mol. The largest absolute Gasteiger partial charge is 0.312 e. The number of sulfone groups is 1. The topological polar surface area (TPSA) is 49.4 Å². The highest BCUT2D eigenvalue weighted by atomic mass is 32.2. The molecule has 0 spiro atoms. The van der Waals surface area contributed by atoms with Crippen LogP contribution in [-0.4, -0.2) is 57.0 Å². The van der Waals surface area contributed by atoms with E-state index in [9.17, 15) is 8.42 Å². The first kappa shape index (κ1) is 12.9. The van der Waals surface area contributed by atoms with Gasteiger partial charge in [0.25, 0.3) is 0 Å². The van der Waals surface area contributed by atoms with Crippen molar-refractivity contribution in [1.29, 1.82) is 0 Å². The van der Waals surface area contributed by atoms with E-state index in [1.165, 1.54) is 32.4 Å². The van der Waals surface area contributed by atoms with Gasteiger partial charge in [-0.3, -0.25) is 0 Å². The van der Waals surface area contributed by atoms with Crippen LogP contribution in [0.4, 0.5) is 0 Å². The van der Waals surface area contributed by atoms with Gasteiger partial charge in [-0.05, 0) is 31.1 Å². The van der Waals surface area contributed by atoms with Crippen LogP contribution in [-0.2, 0) is 9.84 Å². The van der Waals surface area contributed by atoms with Crippen molar-refractivity contribution in [2.75, 3.05) is 37.7 Å². The summed E-state index contributed by atoms with van der Waals surface area (Å²) in [6, 6.07) is 0.206. The number of rotatable bonds is 4. The summed E-state index contributed by atoms with van der Waals surface area (Å²) in [5.74, 6) is 2.63. The van der Waals surface area contributed by atoms with Gasteiger partial charge in [0.1, 0.15) is 0 Å². The van der Waals surface area contributed by atoms with E-state index >= 15 is 0 Å². The predicted octanol–water partition coefficient (Wildman–Crippen LogP) is 0.495. The molecule has 3 unspecified atom stereocenters. The molecule has 0 amide bonds. The van der Waals surface area contributed by atoms with Crippen molar-refractivity contribution in [2.45, 2.75) is 31.7 Å². The van der Waals surface area contributed by atoms with Crippen molar-refractivity contribution in [1.82, 2.24) is 10.2 Å². The second-order valence-corrected chi connectivity index (χ2v) is 8.49. The third-order valence-corrected chi connectivity index (χ3v) is 6.66. The van der Waals surface area contributed by atoms with Crippen LogP contribution in [0.1, 0.15) is 25.7 Å². The van der Waals surface area contributed by atoms with Gasteiger partial charge in [0, 0.05) is 32.2 Å². The first-order chi connectivity index (χ1) is 8.62. The molecular formula is C13H24N2O2S. The maximum atomic E-state index is 11.3. The molecule has 104 valence electrons. The Balaban J connectivity index is 1.36. The summed E-state index contributed by atoms with van der Waals surface area (Å²) in [5, 5.41) is 3.41. The van der Waals surface area contributed by atoms with Crippen LogP contribution in [0.3, 0.4) is 0 Å². The lowest BCUT2D eigenvalue weighted by atomic mass is 10.0. The lowest BCUT2D eigenvalue weighted by molar-refractivity contribution is 0.305. The van der Waals surface area contributed by atoms with Crippen LogP contribution in [0.25, 0.3) is 0 Å². The SMILES string of the molecule is O=S1(=O)CCC(NCCN2CC3CCCC3C2)C1. The Kier molecular flexibility index (Phi) is 3.65. The van der Waals surface area contributed by atoms with Crippen LogP contribution < -0.4 is 5.32 Å². The summed E-state index contributed by atoms with van der Waals surface area (Å²) < 4.78 is 22.7. The summed E-state index contributed by atoms with van der Waals surface area (Å²) in [6.07, 6.45) is 5.08. The minimum absolute atomic E-state index is 0.206. The van der Waals surface area contributed by atoms with Crippen molar-refractivity contribution in [3.63, 3.8) is 0 Å². The maximum absolute atomic E-state index is 11.3. The van der Waals surface area contributed by atoms with Gasteiger partial charge in [0.2, 0.25) is 0 Å². The molecule has 0 aromatic rings. The average molecular weight is 272 g/mol. The molecule has 3 fully saturated rings. The van der Waals surface area contributed by atoms with Crippen molar-refractivity contribution < 1.29 is 8.42 Å². The minimum Gasteiger partial charge on any atom is -0.312 e. The summed E-state index contributed by atoms with van der Waals surface area (Å²) >= 11 is 0. The Bertz CT molecular complexity index is 384. The molecule has 3 rings (SSSR count). The van der Waals surface area contributed by atoms with Crippen LogP contribution in [0.15, 0.2) is 0 Å². The third-order valence-electron chi connectivity index (χ3n) is 4.90. The zero-order valence-electron chi connectivity index (χ0n) is 11.0. The highest BCUT2D eigenvalue weighted by molar-refractivity contribution is 7.91. The smallest absolute Gasteiger partial charge is 0.151 e. The first-order valence-electron chi connectivity index (χ1n) is 7.28. The summed E-state index contributed by atoms with van der Waals surface area (Å²) in [5.41, 5.74) is 0. The van der Waals surface area contributed by atoms with Crippen LogP contribution >= 0.6 is 0 Å². The zero-order valence-corrected chi connectivity index (χ0v) is 11.8. The van der Waals surface area contributed by atoms with Crippen LogP contribution in [0.5, 0.6) is 0 Å². The molecule has 2 aliphatic heterocycles. The fourth-order valence-corrected chi connectivity index (χ4v) is 5.61. The fourth-order valence-electron chi connectivity index (χ4n) is 3.90. The number of nitrogens with zero attached hydrogens (tertiary/aromatic N) is 1. The van der Waals surface area contributed by atoms with E-state index in [2.05, 4.69) is 10.2 Å². The normalized spacial score (nSPS) is 39.2. The lowest BCUT2D eigenvalue weighted by Crippen LogP contribution is -2.37. The molecule has 1 aliphatic carbocycles. The molecule has 2 saturated heterocycles. The summed E-state index contributed by atoms with van der Waals surface area (Å²) in [4.78, 5) is 2.56. The Hall–Kier alpha value is -0.130. The van der Waals surface area contributed by atoms with Gasteiger partial charge >= 0.3 is 0 Å². The third kappa shape index (κ3) is 2.89. The zero-order chi connectivity index (χ0) is 12.6. The molecule has 1 saturated carbocycles. The number of nitrogens with one attached hydrogen (secondary N) is 1. The van der Waals surface area contributed by atoms with E-state index in [1.807, 2.05) is 0 Å². The second-order valence-electron chi connectivity index (χ2n) is 6.26. The first-order valence-corrected chi connectivity index (χ1v) is 9.11. The summed E-state index contributed by atoms with van der Waals surface area (Å²) in [6.45, 7) is 4.58. The van der Waals surface area contributed by atoms with E-state index in [0.29, 0.717) is 11.5 Å². The Morgan fingerprint density at radius 2 is 1.83 bits per heavy atom. The van der Waals surface area contributed by atoms with Gasteiger partial charge in [-0.2, -0.15) is 0 Å². The number of hydrogen-bond donors (Lipinski definition) is 1. The number of hydrogen-bond acceptors (Lipinski definition) is 4. The van der Waals surface area contributed by atoms with Crippen molar-refractivity contribution in [3.8, 4) is 0 Å². The number of likely N-dealkylation sites (tertiary alicyclic amines) is 1. The molecule has 0 bridgehead atoms. The monoisotopic (exact) mass is 272 g/mol. The quantitative estimate of drug-likeness (QED) is 0.809. The Morgan fingerprint density at radius 1 is 1.11 bits per heavy atom. The van der Waals surface area contributed by atoms with Gasteiger partial charge in [0.15, 0.2) is 9.84 Å². The molecule has 2 heterocycles. The molecule has 3 aliphatic rings. The van der Waals surface area contributed by atoms with Gasteiger partial charge in [-0.1, -0.05) is 6.42 Å².